The van der Waals surface area contributed by atoms with Crippen molar-refractivity contribution in [3.05, 3.63) is 34.9 Å². The smallest absolute Gasteiger partial charge is 0.303 e. The van der Waals surface area contributed by atoms with Gasteiger partial charge in [0.05, 0.1) is 0 Å². The maximum atomic E-state index is 10.5. The Morgan fingerprint density at radius 2 is 1.89 bits per heavy atom. The van der Waals surface area contributed by atoms with Crippen LogP contribution in [0.15, 0.2) is 24.3 Å². The summed E-state index contributed by atoms with van der Waals surface area (Å²) in [6.07, 6.45) is 0.913. The third-order valence-corrected chi connectivity index (χ3v) is 3.97. The molecule has 0 aliphatic carbocycles. The summed E-state index contributed by atoms with van der Waals surface area (Å²) in [5, 5.41) is 9.40. The number of rotatable bonds is 7. The second-order valence-electron chi connectivity index (χ2n) is 5.06. The van der Waals surface area contributed by atoms with Gasteiger partial charge in [-0.1, -0.05) is 30.7 Å². The molecule has 0 saturated carbocycles. The Morgan fingerprint density at radius 1 is 1.32 bits per heavy atom. The van der Waals surface area contributed by atoms with E-state index < -0.39 is 5.97 Å². The first-order valence-electron chi connectivity index (χ1n) is 6.59. The average Bonchev–Trinajstić information content (AvgIpc) is 2.37. The number of benzene rings is 1. The first kappa shape index (κ1) is 16.0. The van der Waals surface area contributed by atoms with Crippen LogP contribution >= 0.6 is 11.6 Å². The molecule has 106 valence electrons. The highest BCUT2D eigenvalue weighted by Gasteiger charge is 2.18. The van der Waals surface area contributed by atoms with E-state index >= 15 is 0 Å². The van der Waals surface area contributed by atoms with E-state index in [1.807, 2.05) is 19.2 Å². The molecule has 3 nitrogen and oxygen atoms in total. The van der Waals surface area contributed by atoms with Gasteiger partial charge < -0.3 is 10.0 Å². The fourth-order valence-electron chi connectivity index (χ4n) is 2.11. The van der Waals surface area contributed by atoms with Crippen LogP contribution in [0.1, 0.15) is 38.2 Å². The van der Waals surface area contributed by atoms with E-state index in [4.69, 9.17) is 16.7 Å². The fourth-order valence-corrected chi connectivity index (χ4v) is 2.24. The lowest BCUT2D eigenvalue weighted by molar-refractivity contribution is -0.137. The first-order chi connectivity index (χ1) is 8.91. The first-order valence-corrected chi connectivity index (χ1v) is 6.97. The van der Waals surface area contributed by atoms with Gasteiger partial charge in [0.1, 0.15) is 0 Å². The molecular weight excluding hydrogens is 262 g/mol. The van der Waals surface area contributed by atoms with Crippen molar-refractivity contribution in [1.29, 1.82) is 0 Å². The molecule has 0 aromatic heterocycles. The summed E-state index contributed by atoms with van der Waals surface area (Å²) in [5.41, 5.74) is 1.25. The largest absolute Gasteiger partial charge is 0.481 e. The standard InChI is InChI=1S/C15H22ClNO2/c1-11(13-6-8-14(16)9-7-13)12(2)17(3)10-4-5-15(18)19/h6-9,11-12H,4-5,10H2,1-3H3,(H,18,19). The topological polar surface area (TPSA) is 40.5 Å². The van der Waals surface area contributed by atoms with Crippen LogP contribution in [0.4, 0.5) is 0 Å². The molecule has 2 unspecified atom stereocenters. The minimum absolute atomic E-state index is 0.229. The summed E-state index contributed by atoms with van der Waals surface area (Å²) in [6.45, 7) is 5.15. The SMILES string of the molecule is CC(c1ccc(Cl)cc1)C(C)N(C)CCCC(=O)O. The highest BCUT2D eigenvalue weighted by molar-refractivity contribution is 6.30. The average molecular weight is 284 g/mol. The molecule has 0 bridgehead atoms. The molecule has 0 heterocycles. The highest BCUT2D eigenvalue weighted by Crippen LogP contribution is 2.23. The van der Waals surface area contributed by atoms with Gasteiger partial charge in [0.25, 0.3) is 0 Å². The van der Waals surface area contributed by atoms with Gasteiger partial charge in [-0.05, 0) is 50.6 Å². The maximum absolute atomic E-state index is 10.5. The molecule has 1 N–H and O–H groups in total. The van der Waals surface area contributed by atoms with Gasteiger partial charge in [-0.15, -0.1) is 0 Å². The zero-order chi connectivity index (χ0) is 14.4. The molecule has 0 aliphatic rings. The Bertz CT molecular complexity index is 405. The van der Waals surface area contributed by atoms with Crippen LogP contribution in [0, 0.1) is 0 Å². The summed E-state index contributed by atoms with van der Waals surface area (Å²) in [5.74, 6) is -0.348. The van der Waals surface area contributed by atoms with E-state index in [-0.39, 0.29) is 6.42 Å². The molecule has 4 heteroatoms. The number of hydrogen-bond acceptors (Lipinski definition) is 2. The van der Waals surface area contributed by atoms with Crippen molar-refractivity contribution < 1.29 is 9.90 Å². The Balaban J connectivity index is 2.53. The fraction of sp³-hybridized carbons (Fsp3) is 0.533. The predicted octanol–water partition coefficient (Wildman–Crippen LogP) is 3.63. The van der Waals surface area contributed by atoms with Gasteiger partial charge in [-0.25, -0.2) is 0 Å². The third kappa shape index (κ3) is 5.21. The molecule has 19 heavy (non-hydrogen) atoms. The molecule has 0 amide bonds. The molecule has 1 rings (SSSR count). The molecule has 0 fully saturated rings. The molecule has 0 radical (unpaired) electrons. The van der Waals surface area contributed by atoms with Gasteiger partial charge in [0, 0.05) is 17.5 Å². The molecule has 0 spiro atoms. The van der Waals surface area contributed by atoms with Crippen molar-refractivity contribution in [3.63, 3.8) is 0 Å². The van der Waals surface area contributed by atoms with Crippen LogP contribution in [0.5, 0.6) is 0 Å². The van der Waals surface area contributed by atoms with Gasteiger partial charge in [-0.2, -0.15) is 0 Å². The van der Waals surface area contributed by atoms with Crippen LogP contribution in [0.25, 0.3) is 0 Å². The number of hydrogen-bond donors (Lipinski definition) is 1. The van der Waals surface area contributed by atoms with Gasteiger partial charge in [0.2, 0.25) is 0 Å². The second kappa shape index (κ2) is 7.51. The summed E-state index contributed by atoms with van der Waals surface area (Å²) in [7, 11) is 2.04. The van der Waals surface area contributed by atoms with Crippen molar-refractivity contribution in [3.8, 4) is 0 Å². The maximum Gasteiger partial charge on any atom is 0.303 e. The molecular formula is C15H22ClNO2. The summed E-state index contributed by atoms with van der Waals surface area (Å²) < 4.78 is 0. The Hall–Kier alpha value is -1.06. The molecule has 1 aromatic carbocycles. The van der Waals surface area contributed by atoms with E-state index in [1.165, 1.54) is 5.56 Å². The van der Waals surface area contributed by atoms with Gasteiger partial charge >= 0.3 is 5.97 Å². The number of nitrogens with zero attached hydrogens (tertiary/aromatic N) is 1. The lowest BCUT2D eigenvalue weighted by Crippen LogP contribution is -2.34. The Labute approximate surface area is 120 Å². The lowest BCUT2D eigenvalue weighted by Gasteiger charge is -2.30. The number of carboxylic acid groups (broad SMARTS) is 1. The number of carbonyl (C=O) groups is 1. The van der Waals surface area contributed by atoms with Crippen molar-refractivity contribution in [2.24, 2.45) is 0 Å². The molecule has 0 aliphatic heterocycles. The van der Waals surface area contributed by atoms with Gasteiger partial charge in [0.15, 0.2) is 0 Å². The third-order valence-electron chi connectivity index (χ3n) is 3.72. The molecule has 0 saturated heterocycles. The van der Waals surface area contributed by atoms with Crippen LogP contribution < -0.4 is 0 Å². The minimum Gasteiger partial charge on any atom is -0.481 e. The Kier molecular flexibility index (Phi) is 6.32. The monoisotopic (exact) mass is 283 g/mol. The second-order valence-corrected chi connectivity index (χ2v) is 5.50. The van der Waals surface area contributed by atoms with Crippen LogP contribution in [0.2, 0.25) is 5.02 Å². The van der Waals surface area contributed by atoms with Crippen LogP contribution in [0.3, 0.4) is 0 Å². The van der Waals surface area contributed by atoms with E-state index in [2.05, 4.69) is 30.9 Å². The van der Waals surface area contributed by atoms with E-state index in [0.717, 1.165) is 11.6 Å². The van der Waals surface area contributed by atoms with Crippen molar-refractivity contribution in [1.82, 2.24) is 4.90 Å². The molecule has 2 atom stereocenters. The van der Waals surface area contributed by atoms with E-state index in [1.54, 1.807) is 0 Å². The highest BCUT2D eigenvalue weighted by atomic mass is 35.5. The van der Waals surface area contributed by atoms with Gasteiger partial charge in [-0.3, -0.25) is 4.79 Å². The van der Waals surface area contributed by atoms with E-state index in [9.17, 15) is 4.79 Å². The lowest BCUT2D eigenvalue weighted by atomic mass is 9.93. The van der Waals surface area contributed by atoms with Crippen molar-refractivity contribution in [2.75, 3.05) is 13.6 Å². The zero-order valence-electron chi connectivity index (χ0n) is 11.8. The summed E-state index contributed by atoms with van der Waals surface area (Å²) >= 11 is 5.89. The van der Waals surface area contributed by atoms with Crippen LogP contribution in [-0.4, -0.2) is 35.6 Å². The summed E-state index contributed by atoms with van der Waals surface area (Å²) in [4.78, 5) is 12.7. The minimum atomic E-state index is -0.730. The quantitative estimate of drug-likeness (QED) is 0.831. The number of aliphatic carboxylic acids is 1. The number of likely N-dealkylation sites (N-methyl/N-ethyl adjacent to an activating group) is 1. The van der Waals surface area contributed by atoms with Crippen molar-refractivity contribution >= 4 is 17.6 Å². The predicted molar refractivity (Wildman–Crippen MR) is 78.8 cm³/mol. The zero-order valence-corrected chi connectivity index (χ0v) is 12.5. The van der Waals surface area contributed by atoms with Crippen LogP contribution in [-0.2, 0) is 4.79 Å². The number of halogens is 1. The Morgan fingerprint density at radius 3 is 2.42 bits per heavy atom. The normalized spacial score (nSPS) is 14.4. The van der Waals surface area contributed by atoms with E-state index in [0.29, 0.717) is 18.4 Å². The van der Waals surface area contributed by atoms with Crippen molar-refractivity contribution in [2.45, 2.75) is 38.6 Å². The molecule has 1 aromatic rings. The summed E-state index contributed by atoms with van der Waals surface area (Å²) in [6, 6.07) is 8.27. The number of carboxylic acids is 1.